The molecule has 1 heterocycles. The van der Waals surface area contributed by atoms with Gasteiger partial charge in [-0.1, -0.05) is 0 Å². The Labute approximate surface area is 93.3 Å². The largest absolute Gasteiger partial charge is 0.462 e. The first-order valence-corrected chi connectivity index (χ1v) is 5.11. The molecule has 1 N–H and O–H groups in total. The number of aromatic nitrogens is 1. The number of aliphatic hydroxyl groups is 1. The standard InChI is InChI=1S/C11H15NO4/c1-3-16-11(15)9-5-4-6-12(10(9)14)7-8(2)13/h4-6,8,13H,3,7H2,1-2H3. The molecule has 0 saturated heterocycles. The van der Waals surface area contributed by atoms with Gasteiger partial charge in [-0.25, -0.2) is 4.79 Å². The molecule has 5 heteroatoms. The van der Waals surface area contributed by atoms with Gasteiger partial charge in [0.05, 0.1) is 19.3 Å². The van der Waals surface area contributed by atoms with Crippen LogP contribution < -0.4 is 5.56 Å². The molecule has 88 valence electrons. The molecule has 16 heavy (non-hydrogen) atoms. The Morgan fingerprint density at radius 3 is 2.88 bits per heavy atom. The van der Waals surface area contributed by atoms with Gasteiger partial charge in [0.2, 0.25) is 0 Å². The van der Waals surface area contributed by atoms with E-state index in [2.05, 4.69) is 0 Å². The number of rotatable bonds is 4. The maximum atomic E-state index is 11.8. The number of esters is 1. The molecular formula is C11H15NO4. The molecule has 0 spiro atoms. The second-order valence-corrected chi connectivity index (χ2v) is 3.45. The van der Waals surface area contributed by atoms with Gasteiger partial charge in [-0.3, -0.25) is 4.79 Å². The van der Waals surface area contributed by atoms with E-state index in [1.165, 1.54) is 16.8 Å². The second kappa shape index (κ2) is 5.46. The SMILES string of the molecule is CCOC(=O)c1cccn(CC(C)O)c1=O. The summed E-state index contributed by atoms with van der Waals surface area (Å²) >= 11 is 0. The Balaban J connectivity index is 3.04. The Morgan fingerprint density at radius 2 is 2.31 bits per heavy atom. The summed E-state index contributed by atoms with van der Waals surface area (Å²) in [5.41, 5.74) is -0.452. The fourth-order valence-electron chi connectivity index (χ4n) is 1.33. The third kappa shape index (κ3) is 2.93. The van der Waals surface area contributed by atoms with E-state index >= 15 is 0 Å². The molecule has 0 aromatic carbocycles. The zero-order valence-electron chi connectivity index (χ0n) is 9.34. The van der Waals surface area contributed by atoms with Gasteiger partial charge in [-0.15, -0.1) is 0 Å². The number of ether oxygens (including phenoxy) is 1. The lowest BCUT2D eigenvalue weighted by atomic mass is 10.2. The highest BCUT2D eigenvalue weighted by Gasteiger charge is 2.13. The minimum Gasteiger partial charge on any atom is -0.462 e. The van der Waals surface area contributed by atoms with Gasteiger partial charge in [0, 0.05) is 6.20 Å². The number of pyridine rings is 1. The highest BCUT2D eigenvalue weighted by Crippen LogP contribution is 1.97. The molecule has 5 nitrogen and oxygen atoms in total. The number of nitrogens with zero attached hydrogens (tertiary/aromatic N) is 1. The van der Waals surface area contributed by atoms with Crippen LogP contribution in [0.15, 0.2) is 23.1 Å². The summed E-state index contributed by atoms with van der Waals surface area (Å²) in [6, 6.07) is 2.99. The topological polar surface area (TPSA) is 68.5 Å². The zero-order chi connectivity index (χ0) is 12.1. The van der Waals surface area contributed by atoms with Gasteiger partial charge in [0.1, 0.15) is 5.56 Å². The van der Waals surface area contributed by atoms with Crippen LogP contribution in [0.2, 0.25) is 0 Å². The van der Waals surface area contributed by atoms with Crippen molar-refractivity contribution in [1.29, 1.82) is 0 Å². The molecule has 0 radical (unpaired) electrons. The summed E-state index contributed by atoms with van der Waals surface area (Å²) < 4.78 is 6.04. The first-order chi connectivity index (χ1) is 7.56. The Bertz CT molecular complexity index is 422. The van der Waals surface area contributed by atoms with Gasteiger partial charge in [-0.05, 0) is 26.0 Å². The number of aliphatic hydroxyl groups excluding tert-OH is 1. The van der Waals surface area contributed by atoms with E-state index in [9.17, 15) is 14.7 Å². The van der Waals surface area contributed by atoms with E-state index in [1.54, 1.807) is 19.9 Å². The van der Waals surface area contributed by atoms with Crippen LogP contribution >= 0.6 is 0 Å². The average Bonchev–Trinajstić information content (AvgIpc) is 2.21. The van der Waals surface area contributed by atoms with Crippen LogP contribution in [0.5, 0.6) is 0 Å². The maximum absolute atomic E-state index is 11.8. The van der Waals surface area contributed by atoms with Crippen LogP contribution in [-0.2, 0) is 11.3 Å². The quantitative estimate of drug-likeness (QED) is 0.753. The minimum atomic E-state index is -0.643. The summed E-state index contributed by atoms with van der Waals surface area (Å²) in [5.74, 6) is -0.632. The molecule has 1 aromatic rings. The highest BCUT2D eigenvalue weighted by molar-refractivity contribution is 5.88. The van der Waals surface area contributed by atoms with Gasteiger partial charge in [0.25, 0.3) is 5.56 Å². The molecular weight excluding hydrogens is 210 g/mol. The molecule has 0 aliphatic rings. The van der Waals surface area contributed by atoms with Crippen molar-refractivity contribution in [2.45, 2.75) is 26.5 Å². The van der Waals surface area contributed by atoms with Crippen molar-refractivity contribution in [3.8, 4) is 0 Å². The van der Waals surface area contributed by atoms with Crippen LogP contribution in [0.1, 0.15) is 24.2 Å². The lowest BCUT2D eigenvalue weighted by Crippen LogP contribution is -2.29. The lowest BCUT2D eigenvalue weighted by Gasteiger charge is -2.09. The monoisotopic (exact) mass is 225 g/mol. The summed E-state index contributed by atoms with van der Waals surface area (Å²) in [6.07, 6.45) is 0.882. The van der Waals surface area contributed by atoms with Gasteiger partial charge in [-0.2, -0.15) is 0 Å². The van der Waals surface area contributed by atoms with Crippen molar-refractivity contribution in [1.82, 2.24) is 4.57 Å². The first-order valence-electron chi connectivity index (χ1n) is 5.11. The Kier molecular flexibility index (Phi) is 4.25. The van der Waals surface area contributed by atoms with Crippen LogP contribution in [0.4, 0.5) is 0 Å². The van der Waals surface area contributed by atoms with Crippen molar-refractivity contribution in [3.05, 3.63) is 34.2 Å². The number of carbonyl (C=O) groups excluding carboxylic acids is 1. The van der Waals surface area contributed by atoms with Crippen LogP contribution in [0.3, 0.4) is 0 Å². The molecule has 0 amide bonds. The van der Waals surface area contributed by atoms with Crippen molar-refractivity contribution in [2.24, 2.45) is 0 Å². The zero-order valence-corrected chi connectivity index (χ0v) is 9.34. The molecule has 0 bridgehead atoms. The molecule has 0 fully saturated rings. The molecule has 0 saturated carbocycles. The maximum Gasteiger partial charge on any atom is 0.343 e. The van der Waals surface area contributed by atoms with Crippen molar-refractivity contribution < 1.29 is 14.6 Å². The smallest absolute Gasteiger partial charge is 0.343 e. The molecule has 1 rings (SSSR count). The number of hydrogen-bond acceptors (Lipinski definition) is 4. The van der Waals surface area contributed by atoms with Crippen LogP contribution in [-0.4, -0.2) is 28.4 Å². The van der Waals surface area contributed by atoms with E-state index in [1.807, 2.05) is 0 Å². The van der Waals surface area contributed by atoms with Crippen molar-refractivity contribution in [2.75, 3.05) is 6.61 Å². The molecule has 0 aliphatic carbocycles. The van der Waals surface area contributed by atoms with Crippen LogP contribution in [0.25, 0.3) is 0 Å². The van der Waals surface area contributed by atoms with Crippen molar-refractivity contribution in [3.63, 3.8) is 0 Å². The minimum absolute atomic E-state index is 0.00926. The summed E-state index contributed by atoms with van der Waals surface area (Å²) in [7, 11) is 0. The lowest BCUT2D eigenvalue weighted by molar-refractivity contribution is 0.0522. The third-order valence-electron chi connectivity index (χ3n) is 1.98. The van der Waals surface area contributed by atoms with Gasteiger partial charge in [0.15, 0.2) is 0 Å². The summed E-state index contributed by atoms with van der Waals surface area (Å²) in [4.78, 5) is 23.2. The molecule has 1 aromatic heterocycles. The normalized spacial score (nSPS) is 12.2. The fourth-order valence-corrected chi connectivity index (χ4v) is 1.33. The second-order valence-electron chi connectivity index (χ2n) is 3.45. The van der Waals surface area contributed by atoms with E-state index in [0.29, 0.717) is 0 Å². The highest BCUT2D eigenvalue weighted by atomic mass is 16.5. The Hall–Kier alpha value is -1.62. The summed E-state index contributed by atoms with van der Waals surface area (Å²) in [5, 5.41) is 9.19. The van der Waals surface area contributed by atoms with Gasteiger partial charge >= 0.3 is 5.97 Å². The Morgan fingerprint density at radius 1 is 1.62 bits per heavy atom. The van der Waals surface area contributed by atoms with E-state index < -0.39 is 17.6 Å². The number of carbonyl (C=O) groups is 1. The third-order valence-corrected chi connectivity index (χ3v) is 1.98. The molecule has 1 unspecified atom stereocenters. The fraction of sp³-hybridized carbons (Fsp3) is 0.455. The van der Waals surface area contributed by atoms with Gasteiger partial charge < -0.3 is 14.4 Å². The summed E-state index contributed by atoms with van der Waals surface area (Å²) in [6.45, 7) is 3.63. The van der Waals surface area contributed by atoms with E-state index in [4.69, 9.17) is 4.74 Å². The average molecular weight is 225 g/mol. The van der Waals surface area contributed by atoms with E-state index in [-0.39, 0.29) is 18.7 Å². The molecule has 0 aliphatic heterocycles. The number of hydrogen-bond donors (Lipinski definition) is 1. The van der Waals surface area contributed by atoms with E-state index in [0.717, 1.165) is 0 Å². The first kappa shape index (κ1) is 12.4. The predicted molar refractivity (Wildman–Crippen MR) is 58.3 cm³/mol. The van der Waals surface area contributed by atoms with Crippen LogP contribution in [0, 0.1) is 0 Å². The predicted octanol–water partition coefficient (Wildman–Crippen LogP) is 0.406. The molecule has 1 atom stereocenters. The van der Waals surface area contributed by atoms with Crippen molar-refractivity contribution >= 4 is 5.97 Å².